The summed E-state index contributed by atoms with van der Waals surface area (Å²) in [5.41, 5.74) is 2.14. The number of rotatable bonds is 3. The number of aromatic hydroxyl groups is 3. The van der Waals surface area contributed by atoms with Gasteiger partial charge in [-0.2, -0.15) is 0 Å². The Morgan fingerprint density at radius 3 is 2.00 bits per heavy atom. The van der Waals surface area contributed by atoms with E-state index in [0.29, 0.717) is 11.1 Å². The van der Waals surface area contributed by atoms with E-state index in [9.17, 15) is 20.1 Å². The minimum Gasteiger partial charge on any atom is -0.508 e. The molecule has 3 N–H and O–H groups in total. The molecule has 0 radical (unpaired) electrons. The first-order valence-electron chi connectivity index (χ1n) is 8.55. The summed E-state index contributed by atoms with van der Waals surface area (Å²) in [4.78, 5) is 12.9. The van der Waals surface area contributed by atoms with Gasteiger partial charge in [0.15, 0.2) is 0 Å². The van der Waals surface area contributed by atoms with Crippen LogP contribution in [0.5, 0.6) is 17.2 Å². The number of fused-ring (bicyclic) bond motifs is 1. The van der Waals surface area contributed by atoms with E-state index in [1.165, 1.54) is 12.3 Å². The molecule has 5 heteroatoms. The Bertz CT molecular complexity index is 1020. The normalized spacial score (nSPS) is 11.6. The average molecular weight is 354 g/mol. The van der Waals surface area contributed by atoms with E-state index in [4.69, 9.17) is 4.42 Å². The molecule has 0 amide bonds. The minimum atomic E-state index is -0.390. The maximum atomic E-state index is 12.9. The highest BCUT2D eigenvalue weighted by Crippen LogP contribution is 2.38. The van der Waals surface area contributed by atoms with Crippen LogP contribution < -0.4 is 5.43 Å². The van der Waals surface area contributed by atoms with Gasteiger partial charge in [0, 0.05) is 12.1 Å². The van der Waals surface area contributed by atoms with Gasteiger partial charge in [-0.25, -0.2) is 0 Å². The Morgan fingerprint density at radius 2 is 1.46 bits per heavy atom. The van der Waals surface area contributed by atoms with Crippen LogP contribution >= 0.6 is 0 Å². The highest BCUT2D eigenvalue weighted by molar-refractivity contribution is 5.88. The Morgan fingerprint density at radius 1 is 0.885 bits per heavy atom. The summed E-state index contributed by atoms with van der Waals surface area (Å²) < 4.78 is 5.49. The van der Waals surface area contributed by atoms with Crippen LogP contribution in [0.15, 0.2) is 39.7 Å². The van der Waals surface area contributed by atoms with Crippen LogP contribution in [-0.4, -0.2) is 15.3 Å². The van der Waals surface area contributed by atoms with Gasteiger partial charge in [0.25, 0.3) is 0 Å². The lowest BCUT2D eigenvalue weighted by molar-refractivity contribution is 0.451. The summed E-state index contributed by atoms with van der Waals surface area (Å²) in [6, 6.07) is 5.96. The summed E-state index contributed by atoms with van der Waals surface area (Å²) >= 11 is 0. The lowest BCUT2D eigenvalue weighted by Crippen LogP contribution is -2.06. The first-order valence-corrected chi connectivity index (χ1v) is 8.55. The van der Waals surface area contributed by atoms with Crippen molar-refractivity contribution in [1.82, 2.24) is 0 Å². The van der Waals surface area contributed by atoms with Crippen LogP contribution in [0.4, 0.5) is 0 Å². The van der Waals surface area contributed by atoms with Crippen molar-refractivity contribution < 1.29 is 19.7 Å². The topological polar surface area (TPSA) is 90.9 Å². The predicted molar refractivity (Wildman–Crippen MR) is 101 cm³/mol. The fraction of sp³-hybridized carbons (Fsp3) is 0.286. The minimum absolute atomic E-state index is 0.0190. The monoisotopic (exact) mass is 354 g/mol. The fourth-order valence-corrected chi connectivity index (χ4v) is 3.13. The van der Waals surface area contributed by atoms with E-state index in [2.05, 4.69) is 0 Å². The summed E-state index contributed by atoms with van der Waals surface area (Å²) in [7, 11) is 0. The molecular formula is C21H22O5. The largest absolute Gasteiger partial charge is 0.508 e. The maximum Gasteiger partial charge on any atom is 0.204 e. The van der Waals surface area contributed by atoms with Crippen LogP contribution in [0.3, 0.4) is 0 Å². The molecule has 3 rings (SSSR count). The van der Waals surface area contributed by atoms with Gasteiger partial charge in [-0.15, -0.1) is 0 Å². The summed E-state index contributed by atoms with van der Waals surface area (Å²) in [5.74, 6) is -0.116. The Hall–Kier alpha value is -2.95. The van der Waals surface area contributed by atoms with E-state index < -0.39 is 0 Å². The van der Waals surface area contributed by atoms with Gasteiger partial charge in [-0.05, 0) is 40.7 Å². The molecule has 0 saturated heterocycles. The molecule has 3 aromatic rings. The first kappa shape index (κ1) is 17.9. The second-order valence-corrected chi connectivity index (χ2v) is 7.13. The van der Waals surface area contributed by atoms with E-state index in [0.717, 1.165) is 17.2 Å². The van der Waals surface area contributed by atoms with Crippen molar-refractivity contribution >= 4 is 11.0 Å². The van der Waals surface area contributed by atoms with Gasteiger partial charge >= 0.3 is 0 Å². The van der Waals surface area contributed by atoms with Crippen molar-refractivity contribution in [3.05, 3.63) is 51.9 Å². The zero-order chi connectivity index (χ0) is 19.2. The van der Waals surface area contributed by atoms with E-state index in [1.54, 1.807) is 12.1 Å². The zero-order valence-electron chi connectivity index (χ0n) is 15.2. The molecule has 0 saturated carbocycles. The van der Waals surface area contributed by atoms with Gasteiger partial charge in [0.05, 0.1) is 5.56 Å². The molecule has 5 nitrogen and oxygen atoms in total. The molecule has 0 atom stereocenters. The van der Waals surface area contributed by atoms with Crippen LogP contribution in [0.1, 0.15) is 50.7 Å². The van der Waals surface area contributed by atoms with Gasteiger partial charge in [-0.1, -0.05) is 27.7 Å². The van der Waals surface area contributed by atoms with Crippen LogP contribution in [0, 0.1) is 0 Å². The highest BCUT2D eigenvalue weighted by atomic mass is 16.3. The quantitative estimate of drug-likeness (QED) is 0.627. The third-order valence-electron chi connectivity index (χ3n) is 4.57. The average Bonchev–Trinajstić information content (AvgIpc) is 2.54. The molecule has 26 heavy (non-hydrogen) atoms. The number of phenols is 3. The van der Waals surface area contributed by atoms with Gasteiger partial charge < -0.3 is 19.7 Å². The Balaban J connectivity index is 2.34. The number of hydrogen-bond donors (Lipinski definition) is 3. The molecule has 0 aliphatic heterocycles. The van der Waals surface area contributed by atoms with Gasteiger partial charge in [0.2, 0.25) is 5.43 Å². The zero-order valence-corrected chi connectivity index (χ0v) is 15.2. The van der Waals surface area contributed by atoms with E-state index >= 15 is 0 Å². The molecular weight excluding hydrogens is 332 g/mol. The molecule has 1 heterocycles. The lowest BCUT2D eigenvalue weighted by atomic mass is 9.89. The summed E-state index contributed by atoms with van der Waals surface area (Å²) in [5, 5.41) is 30.2. The molecule has 0 unspecified atom stereocenters. The lowest BCUT2D eigenvalue weighted by Gasteiger charge is -2.17. The molecule has 0 spiro atoms. The van der Waals surface area contributed by atoms with Crippen molar-refractivity contribution in [3.63, 3.8) is 0 Å². The Labute approximate surface area is 151 Å². The predicted octanol–water partition coefficient (Wildman–Crippen LogP) is 4.82. The van der Waals surface area contributed by atoms with Crippen LogP contribution in [-0.2, 0) is 0 Å². The van der Waals surface area contributed by atoms with Crippen molar-refractivity contribution in [2.45, 2.75) is 39.5 Å². The van der Waals surface area contributed by atoms with E-state index in [-0.39, 0.29) is 45.5 Å². The molecule has 2 aromatic carbocycles. The second-order valence-electron chi connectivity index (χ2n) is 7.13. The molecule has 136 valence electrons. The molecule has 0 aliphatic rings. The summed E-state index contributed by atoms with van der Waals surface area (Å²) in [6.07, 6.45) is 1.32. The second kappa shape index (κ2) is 6.41. The van der Waals surface area contributed by atoms with Crippen molar-refractivity contribution in [2.24, 2.45) is 0 Å². The molecule has 0 bridgehead atoms. The first-order chi connectivity index (χ1) is 12.2. The smallest absolute Gasteiger partial charge is 0.204 e. The third kappa shape index (κ3) is 2.90. The standard InChI is InChI=1S/C21H22O5/c1-10(2)14-5-12(6-15(11(3)4)20(14)24)16-9-26-18-8-13(22)7-17(23)19(18)21(16)25/h5-11,22-24H,1-4H3. The highest BCUT2D eigenvalue weighted by Gasteiger charge is 2.19. The number of hydrogen-bond acceptors (Lipinski definition) is 5. The van der Waals surface area contributed by atoms with Gasteiger partial charge in [-0.3, -0.25) is 4.79 Å². The van der Waals surface area contributed by atoms with Crippen molar-refractivity contribution in [3.8, 4) is 28.4 Å². The van der Waals surface area contributed by atoms with Crippen molar-refractivity contribution in [1.29, 1.82) is 0 Å². The summed E-state index contributed by atoms with van der Waals surface area (Å²) in [6.45, 7) is 7.89. The SMILES string of the molecule is CC(C)c1cc(-c2coc3cc(O)cc(O)c3c2=O)cc(C(C)C)c1O. The van der Waals surface area contributed by atoms with Gasteiger partial charge in [0.1, 0.15) is 34.5 Å². The molecule has 1 aromatic heterocycles. The number of phenolic OH excluding ortho intramolecular Hbond substituents is 3. The molecule has 0 aliphatic carbocycles. The van der Waals surface area contributed by atoms with Crippen LogP contribution in [0.25, 0.3) is 22.1 Å². The van der Waals surface area contributed by atoms with Crippen LogP contribution in [0.2, 0.25) is 0 Å². The van der Waals surface area contributed by atoms with Crippen molar-refractivity contribution in [2.75, 3.05) is 0 Å². The maximum absolute atomic E-state index is 12.9. The third-order valence-corrected chi connectivity index (χ3v) is 4.57. The molecule has 0 fully saturated rings. The fourth-order valence-electron chi connectivity index (χ4n) is 3.13. The Kier molecular flexibility index (Phi) is 4.40. The number of benzene rings is 2. The van der Waals surface area contributed by atoms with E-state index in [1.807, 2.05) is 27.7 Å².